The summed E-state index contributed by atoms with van der Waals surface area (Å²) < 4.78 is 0. The maximum absolute atomic E-state index is 12.8. The van der Waals surface area contributed by atoms with Gasteiger partial charge in [-0.05, 0) is 49.9 Å². The Morgan fingerprint density at radius 2 is 1.77 bits per heavy atom. The molecular weight excluding hydrogens is 326 g/mol. The minimum atomic E-state index is -0.0389. The number of amides is 1. The van der Waals surface area contributed by atoms with E-state index in [1.165, 1.54) is 18.5 Å². The zero-order valence-corrected chi connectivity index (χ0v) is 15.0. The summed E-state index contributed by atoms with van der Waals surface area (Å²) in [6.45, 7) is 3.78. The third kappa shape index (κ3) is 3.79. The molecule has 6 heteroatoms. The highest BCUT2D eigenvalue weighted by molar-refractivity contribution is 5.93. The normalized spacial score (nSPS) is 20.2. The largest absolute Gasteiger partial charge is 0.371 e. The zero-order chi connectivity index (χ0) is 17.8. The van der Waals surface area contributed by atoms with Crippen molar-refractivity contribution in [2.45, 2.75) is 25.7 Å². The van der Waals surface area contributed by atoms with Crippen molar-refractivity contribution in [3.05, 3.63) is 42.7 Å². The molecule has 1 amide bonds. The number of carbonyl (C=O) groups excluding carboxylic acids is 1. The summed E-state index contributed by atoms with van der Waals surface area (Å²) >= 11 is 0. The predicted molar refractivity (Wildman–Crippen MR) is 103 cm³/mol. The van der Waals surface area contributed by atoms with Gasteiger partial charge in [0.25, 0.3) is 0 Å². The van der Waals surface area contributed by atoms with Crippen LogP contribution in [-0.2, 0) is 4.79 Å². The summed E-state index contributed by atoms with van der Waals surface area (Å²) in [7, 11) is 0. The highest BCUT2D eigenvalue weighted by atomic mass is 16.1. The van der Waals surface area contributed by atoms with Crippen molar-refractivity contribution in [3.8, 4) is 0 Å². The van der Waals surface area contributed by atoms with Crippen molar-refractivity contribution >= 4 is 23.2 Å². The number of nitrogens with one attached hydrogen (secondary N) is 1. The van der Waals surface area contributed by atoms with Crippen LogP contribution in [0.5, 0.6) is 0 Å². The van der Waals surface area contributed by atoms with Crippen molar-refractivity contribution in [3.63, 3.8) is 0 Å². The van der Waals surface area contributed by atoms with Crippen LogP contribution in [0.3, 0.4) is 0 Å². The minimum absolute atomic E-state index is 0.0389. The second-order valence-electron chi connectivity index (χ2n) is 7.07. The van der Waals surface area contributed by atoms with E-state index in [9.17, 15) is 4.79 Å². The van der Waals surface area contributed by atoms with Gasteiger partial charge in [-0.3, -0.25) is 4.79 Å². The molecule has 0 bridgehead atoms. The lowest BCUT2D eigenvalue weighted by atomic mass is 9.97. The molecule has 26 heavy (non-hydrogen) atoms. The maximum Gasteiger partial charge on any atom is 0.229 e. The Morgan fingerprint density at radius 1 is 1.00 bits per heavy atom. The molecule has 2 aliphatic rings. The first-order chi connectivity index (χ1) is 12.8. The zero-order valence-electron chi connectivity index (χ0n) is 15.0. The van der Waals surface area contributed by atoms with Crippen LogP contribution in [0.2, 0.25) is 0 Å². The van der Waals surface area contributed by atoms with Gasteiger partial charge in [-0.2, -0.15) is 0 Å². The van der Waals surface area contributed by atoms with Gasteiger partial charge < -0.3 is 15.1 Å². The quantitative estimate of drug-likeness (QED) is 0.918. The Hall–Kier alpha value is -2.63. The summed E-state index contributed by atoms with van der Waals surface area (Å²) in [4.78, 5) is 25.9. The highest BCUT2D eigenvalue weighted by Crippen LogP contribution is 2.25. The van der Waals surface area contributed by atoms with Crippen LogP contribution in [0, 0.1) is 5.92 Å². The Morgan fingerprint density at radius 3 is 2.58 bits per heavy atom. The highest BCUT2D eigenvalue weighted by Gasteiger charge is 2.27. The van der Waals surface area contributed by atoms with Crippen molar-refractivity contribution in [2.24, 2.45) is 5.92 Å². The van der Waals surface area contributed by atoms with E-state index in [0.29, 0.717) is 12.5 Å². The van der Waals surface area contributed by atoms with Gasteiger partial charge in [0.2, 0.25) is 11.9 Å². The van der Waals surface area contributed by atoms with Crippen LogP contribution >= 0.6 is 0 Å². The number of hydrogen-bond donors (Lipinski definition) is 1. The van der Waals surface area contributed by atoms with Gasteiger partial charge >= 0.3 is 0 Å². The molecule has 0 saturated carbocycles. The van der Waals surface area contributed by atoms with Crippen molar-refractivity contribution in [1.29, 1.82) is 0 Å². The number of rotatable bonds is 4. The van der Waals surface area contributed by atoms with Gasteiger partial charge in [0, 0.05) is 49.9 Å². The fourth-order valence-corrected chi connectivity index (χ4v) is 3.83. The smallest absolute Gasteiger partial charge is 0.229 e. The third-order valence-electron chi connectivity index (χ3n) is 5.21. The molecule has 136 valence electrons. The van der Waals surface area contributed by atoms with Crippen LogP contribution in [0.4, 0.5) is 17.3 Å². The van der Waals surface area contributed by atoms with E-state index in [4.69, 9.17) is 0 Å². The number of benzene rings is 1. The molecule has 1 aromatic carbocycles. The van der Waals surface area contributed by atoms with Gasteiger partial charge in [0.1, 0.15) is 0 Å². The topological polar surface area (TPSA) is 61.4 Å². The summed E-state index contributed by atoms with van der Waals surface area (Å²) in [6, 6.07) is 10.0. The third-order valence-corrected chi connectivity index (χ3v) is 5.21. The molecule has 4 rings (SSSR count). The average Bonchev–Trinajstić information content (AvgIpc) is 3.24. The molecule has 1 unspecified atom stereocenters. The average molecular weight is 351 g/mol. The van der Waals surface area contributed by atoms with Gasteiger partial charge in [0.05, 0.1) is 5.92 Å². The summed E-state index contributed by atoms with van der Waals surface area (Å²) in [5.74, 6) is 0.758. The fraction of sp³-hybridized carbons (Fsp3) is 0.450. The molecule has 1 aromatic heterocycles. The molecule has 1 N–H and O–H groups in total. The van der Waals surface area contributed by atoms with Crippen LogP contribution in [0.1, 0.15) is 25.7 Å². The molecule has 6 nitrogen and oxygen atoms in total. The SMILES string of the molecule is O=C(Nc1cccc(N2CCCC2)c1)C1CCCN(c2ncccn2)C1. The lowest BCUT2D eigenvalue weighted by molar-refractivity contribution is -0.120. The molecule has 2 aromatic rings. The Labute approximate surface area is 154 Å². The standard InChI is InChI=1S/C20H25N5O/c26-19(16-6-4-13-25(15-16)20-21-9-5-10-22-20)23-17-7-3-8-18(14-17)24-11-1-2-12-24/h3,5,7-10,14,16H,1-2,4,6,11-13,15H2,(H,23,26). The molecular formula is C20H25N5O. The Kier molecular flexibility index (Phi) is 5.00. The number of hydrogen-bond acceptors (Lipinski definition) is 5. The van der Waals surface area contributed by atoms with Crippen molar-refractivity contribution in [1.82, 2.24) is 9.97 Å². The molecule has 2 aliphatic heterocycles. The predicted octanol–water partition coefficient (Wildman–Crippen LogP) is 2.93. The first kappa shape index (κ1) is 16.8. The molecule has 1 atom stereocenters. The fourth-order valence-electron chi connectivity index (χ4n) is 3.83. The van der Waals surface area contributed by atoms with E-state index in [1.807, 2.05) is 18.2 Å². The van der Waals surface area contributed by atoms with Crippen molar-refractivity contribution < 1.29 is 4.79 Å². The van der Waals surface area contributed by atoms with Gasteiger partial charge in [0.15, 0.2) is 0 Å². The van der Waals surface area contributed by atoms with Crippen molar-refractivity contribution in [2.75, 3.05) is 41.3 Å². The van der Waals surface area contributed by atoms with E-state index in [-0.39, 0.29) is 11.8 Å². The maximum atomic E-state index is 12.8. The van der Waals surface area contributed by atoms with Crippen LogP contribution < -0.4 is 15.1 Å². The monoisotopic (exact) mass is 351 g/mol. The molecule has 0 spiro atoms. The van der Waals surface area contributed by atoms with Crippen LogP contribution in [0.25, 0.3) is 0 Å². The van der Waals surface area contributed by atoms with E-state index < -0.39 is 0 Å². The van der Waals surface area contributed by atoms with E-state index in [0.717, 1.165) is 38.2 Å². The van der Waals surface area contributed by atoms with E-state index >= 15 is 0 Å². The lowest BCUT2D eigenvalue weighted by Crippen LogP contribution is -2.41. The summed E-state index contributed by atoms with van der Waals surface area (Å²) in [5, 5.41) is 3.11. The molecule has 2 saturated heterocycles. The molecule has 0 radical (unpaired) electrons. The van der Waals surface area contributed by atoms with E-state index in [1.54, 1.807) is 12.4 Å². The minimum Gasteiger partial charge on any atom is -0.371 e. The van der Waals surface area contributed by atoms with E-state index in [2.05, 4.69) is 37.2 Å². The number of piperidine rings is 1. The second kappa shape index (κ2) is 7.72. The molecule has 0 aliphatic carbocycles. The Balaban J connectivity index is 1.40. The van der Waals surface area contributed by atoms with Crippen LogP contribution in [-0.4, -0.2) is 42.1 Å². The Bertz CT molecular complexity index is 745. The molecule has 3 heterocycles. The molecule has 2 fully saturated rings. The van der Waals surface area contributed by atoms with Gasteiger partial charge in [-0.25, -0.2) is 9.97 Å². The lowest BCUT2D eigenvalue weighted by Gasteiger charge is -2.32. The summed E-state index contributed by atoms with van der Waals surface area (Å²) in [6.07, 6.45) is 7.86. The summed E-state index contributed by atoms with van der Waals surface area (Å²) in [5.41, 5.74) is 2.08. The number of nitrogens with zero attached hydrogens (tertiary/aromatic N) is 4. The first-order valence-electron chi connectivity index (χ1n) is 9.47. The van der Waals surface area contributed by atoms with Gasteiger partial charge in [-0.15, -0.1) is 0 Å². The number of aromatic nitrogens is 2. The first-order valence-corrected chi connectivity index (χ1v) is 9.47. The van der Waals surface area contributed by atoms with Crippen LogP contribution in [0.15, 0.2) is 42.7 Å². The second-order valence-corrected chi connectivity index (χ2v) is 7.07. The number of carbonyl (C=O) groups is 1. The number of anilines is 3. The van der Waals surface area contributed by atoms with Gasteiger partial charge in [-0.1, -0.05) is 6.07 Å².